The lowest BCUT2D eigenvalue weighted by Gasteiger charge is -2.03. The van der Waals surface area contributed by atoms with E-state index < -0.39 is 0 Å². The second-order valence-electron chi connectivity index (χ2n) is 3.63. The first-order valence-electron chi connectivity index (χ1n) is 5.05. The van der Waals surface area contributed by atoms with E-state index in [0.717, 1.165) is 25.2 Å². The van der Waals surface area contributed by atoms with Gasteiger partial charge in [-0.05, 0) is 19.3 Å². The van der Waals surface area contributed by atoms with Crippen LogP contribution < -0.4 is 5.73 Å². The van der Waals surface area contributed by atoms with E-state index in [2.05, 4.69) is 22.3 Å². The average molecular weight is 193 g/mol. The highest BCUT2D eigenvalue weighted by Gasteiger charge is 2.20. The van der Waals surface area contributed by atoms with E-state index in [-0.39, 0.29) is 6.04 Å². The first-order valence-corrected chi connectivity index (χ1v) is 5.05. The van der Waals surface area contributed by atoms with Gasteiger partial charge in [0.15, 0.2) is 0 Å². The quantitative estimate of drug-likeness (QED) is 0.745. The predicted molar refractivity (Wildman–Crippen MR) is 52.6 cm³/mol. The van der Waals surface area contributed by atoms with E-state index in [1.807, 2.05) is 6.92 Å². The molecular weight excluding hydrogens is 178 g/mol. The Balaban J connectivity index is 2.09. The van der Waals surface area contributed by atoms with Crippen molar-refractivity contribution in [2.45, 2.75) is 38.1 Å². The van der Waals surface area contributed by atoms with Crippen molar-refractivity contribution < 1.29 is 4.42 Å². The Labute approximate surface area is 83.2 Å². The molecule has 4 nitrogen and oxygen atoms in total. The number of rotatable bonds is 3. The molecule has 14 heavy (non-hydrogen) atoms. The molecule has 1 aliphatic rings. The molecule has 0 unspecified atom stereocenters. The second-order valence-corrected chi connectivity index (χ2v) is 3.63. The first kappa shape index (κ1) is 9.40. The van der Waals surface area contributed by atoms with E-state index in [4.69, 9.17) is 10.2 Å². The molecule has 1 heterocycles. The molecule has 2 rings (SSSR count). The summed E-state index contributed by atoms with van der Waals surface area (Å²) in [5.41, 5.74) is 5.79. The predicted octanol–water partition coefficient (Wildman–Crippen LogP) is 1.91. The van der Waals surface area contributed by atoms with E-state index in [0.29, 0.717) is 11.8 Å². The molecule has 1 atom stereocenters. The molecular formula is C10H15N3O. The number of hydrogen-bond acceptors (Lipinski definition) is 4. The Morgan fingerprint density at radius 1 is 1.50 bits per heavy atom. The third-order valence-electron chi connectivity index (χ3n) is 2.57. The minimum Gasteiger partial charge on any atom is -0.423 e. The van der Waals surface area contributed by atoms with Gasteiger partial charge in [-0.2, -0.15) is 0 Å². The van der Waals surface area contributed by atoms with Gasteiger partial charge in [0, 0.05) is 5.92 Å². The zero-order valence-electron chi connectivity index (χ0n) is 8.31. The van der Waals surface area contributed by atoms with Crippen LogP contribution in [-0.4, -0.2) is 10.2 Å². The smallest absolute Gasteiger partial charge is 0.233 e. The highest BCUT2D eigenvalue weighted by Crippen LogP contribution is 2.28. The van der Waals surface area contributed by atoms with Crippen molar-refractivity contribution in [1.29, 1.82) is 0 Å². The fraction of sp³-hybridized carbons (Fsp3) is 0.600. The van der Waals surface area contributed by atoms with Crippen molar-refractivity contribution >= 4 is 0 Å². The van der Waals surface area contributed by atoms with Crippen LogP contribution in [0.15, 0.2) is 16.6 Å². The third-order valence-corrected chi connectivity index (χ3v) is 2.57. The summed E-state index contributed by atoms with van der Waals surface area (Å²) in [4.78, 5) is 0. The molecule has 1 aliphatic carbocycles. The van der Waals surface area contributed by atoms with Crippen LogP contribution in [0.2, 0.25) is 0 Å². The molecule has 1 aromatic rings. The summed E-state index contributed by atoms with van der Waals surface area (Å²) in [5.74, 6) is 1.67. The van der Waals surface area contributed by atoms with Crippen molar-refractivity contribution in [3.05, 3.63) is 23.9 Å². The van der Waals surface area contributed by atoms with Crippen molar-refractivity contribution in [1.82, 2.24) is 10.2 Å². The maximum Gasteiger partial charge on any atom is 0.233 e. The summed E-state index contributed by atoms with van der Waals surface area (Å²) in [6.45, 7) is 2.01. The Morgan fingerprint density at radius 2 is 2.21 bits per heavy atom. The zero-order chi connectivity index (χ0) is 9.97. The van der Waals surface area contributed by atoms with Gasteiger partial charge in [0.1, 0.15) is 0 Å². The second kappa shape index (κ2) is 3.92. The normalized spacial score (nSPS) is 19.0. The van der Waals surface area contributed by atoms with Crippen LogP contribution >= 0.6 is 0 Å². The van der Waals surface area contributed by atoms with Gasteiger partial charge in [-0.15, -0.1) is 10.2 Å². The highest BCUT2D eigenvalue weighted by molar-refractivity contribution is 5.06. The van der Waals surface area contributed by atoms with Crippen molar-refractivity contribution in [2.24, 2.45) is 5.73 Å². The van der Waals surface area contributed by atoms with Crippen molar-refractivity contribution in [3.8, 4) is 0 Å². The van der Waals surface area contributed by atoms with Gasteiger partial charge < -0.3 is 10.2 Å². The van der Waals surface area contributed by atoms with Crippen LogP contribution in [0.5, 0.6) is 0 Å². The van der Waals surface area contributed by atoms with Gasteiger partial charge in [0.25, 0.3) is 0 Å². The molecule has 0 bridgehead atoms. The Kier molecular flexibility index (Phi) is 2.63. The summed E-state index contributed by atoms with van der Waals surface area (Å²) < 4.78 is 5.53. The Hall–Kier alpha value is -1.16. The summed E-state index contributed by atoms with van der Waals surface area (Å²) in [5, 5.41) is 7.99. The molecule has 2 N–H and O–H groups in total. The third kappa shape index (κ3) is 1.70. The average Bonchev–Trinajstić information content (AvgIpc) is 2.86. The van der Waals surface area contributed by atoms with Crippen LogP contribution in [0.25, 0.3) is 0 Å². The molecule has 4 heteroatoms. The molecule has 0 aromatic carbocycles. The van der Waals surface area contributed by atoms with E-state index in [9.17, 15) is 0 Å². The monoisotopic (exact) mass is 193 g/mol. The zero-order valence-corrected chi connectivity index (χ0v) is 8.31. The largest absolute Gasteiger partial charge is 0.423 e. The molecule has 0 fully saturated rings. The highest BCUT2D eigenvalue weighted by atomic mass is 16.4. The standard InChI is InChI=1S/C10H15N3O/c1-2-8(11)10-13-12-9(14-10)7-5-3-4-6-7/h3-4,7-8H,2,5-6,11H2,1H3/t8-/m1/s1. The Bertz CT molecular complexity index is 324. The van der Waals surface area contributed by atoms with Gasteiger partial charge >= 0.3 is 0 Å². The van der Waals surface area contributed by atoms with Crippen LogP contribution in [0.1, 0.15) is 49.9 Å². The van der Waals surface area contributed by atoms with Crippen LogP contribution in [-0.2, 0) is 0 Å². The molecule has 0 saturated carbocycles. The van der Waals surface area contributed by atoms with Crippen molar-refractivity contribution in [2.75, 3.05) is 0 Å². The topological polar surface area (TPSA) is 64.9 Å². The first-order chi connectivity index (χ1) is 6.81. The van der Waals surface area contributed by atoms with Gasteiger partial charge in [-0.1, -0.05) is 19.1 Å². The molecule has 0 aliphatic heterocycles. The molecule has 0 spiro atoms. The molecule has 0 amide bonds. The summed E-state index contributed by atoms with van der Waals surface area (Å²) in [6.07, 6.45) is 7.12. The fourth-order valence-corrected chi connectivity index (χ4v) is 1.55. The summed E-state index contributed by atoms with van der Waals surface area (Å²) in [6, 6.07) is -0.120. The van der Waals surface area contributed by atoms with E-state index in [1.165, 1.54) is 0 Å². The van der Waals surface area contributed by atoms with E-state index in [1.54, 1.807) is 0 Å². The van der Waals surface area contributed by atoms with Gasteiger partial charge in [-0.3, -0.25) is 0 Å². The lowest BCUT2D eigenvalue weighted by Crippen LogP contribution is -2.08. The SMILES string of the molecule is CC[C@@H](N)c1nnc(C2CC=CC2)o1. The number of hydrogen-bond donors (Lipinski definition) is 1. The molecule has 0 radical (unpaired) electrons. The lowest BCUT2D eigenvalue weighted by atomic mass is 10.1. The van der Waals surface area contributed by atoms with Crippen LogP contribution in [0, 0.1) is 0 Å². The van der Waals surface area contributed by atoms with Crippen LogP contribution in [0.3, 0.4) is 0 Å². The maximum atomic E-state index is 5.79. The number of allylic oxidation sites excluding steroid dienone is 2. The number of nitrogens with zero attached hydrogens (tertiary/aromatic N) is 2. The molecule has 76 valence electrons. The van der Waals surface area contributed by atoms with Gasteiger partial charge in [0.05, 0.1) is 6.04 Å². The lowest BCUT2D eigenvalue weighted by molar-refractivity contribution is 0.392. The molecule has 1 aromatic heterocycles. The van der Waals surface area contributed by atoms with Gasteiger partial charge in [-0.25, -0.2) is 0 Å². The fourth-order valence-electron chi connectivity index (χ4n) is 1.55. The molecule has 0 saturated heterocycles. The van der Waals surface area contributed by atoms with Crippen LogP contribution in [0.4, 0.5) is 0 Å². The summed E-state index contributed by atoms with van der Waals surface area (Å²) in [7, 11) is 0. The van der Waals surface area contributed by atoms with Gasteiger partial charge in [0.2, 0.25) is 11.8 Å². The van der Waals surface area contributed by atoms with Crippen molar-refractivity contribution in [3.63, 3.8) is 0 Å². The minimum atomic E-state index is -0.120. The number of aromatic nitrogens is 2. The minimum absolute atomic E-state index is 0.120. The van der Waals surface area contributed by atoms with E-state index >= 15 is 0 Å². The number of nitrogens with two attached hydrogens (primary N) is 1. The summed E-state index contributed by atoms with van der Waals surface area (Å²) >= 11 is 0. The Morgan fingerprint density at radius 3 is 2.86 bits per heavy atom. The maximum absolute atomic E-state index is 5.79.